The number of rotatable bonds is 2. The molecule has 80 valence electrons. The highest BCUT2D eigenvalue weighted by molar-refractivity contribution is 7.78. The smallest absolute Gasteiger partial charge is 0.225 e. The van der Waals surface area contributed by atoms with Gasteiger partial charge in [0.2, 0.25) is 0 Å². The predicted molar refractivity (Wildman–Crippen MR) is 54.9 cm³/mol. The molecule has 0 spiro atoms. The molecule has 0 amide bonds. The predicted octanol–water partition coefficient (Wildman–Crippen LogP) is 3.87. The highest BCUT2D eigenvalue weighted by Crippen LogP contribution is 2.31. The first-order valence-corrected chi connectivity index (χ1v) is 4.60. The number of hydrogen-bond donors (Lipinski definition) is 0. The van der Waals surface area contributed by atoms with Crippen LogP contribution in [0, 0.1) is 0 Å². The van der Waals surface area contributed by atoms with Gasteiger partial charge in [0.25, 0.3) is 0 Å². The van der Waals surface area contributed by atoms with Crippen LogP contribution in [0.3, 0.4) is 0 Å². The second-order valence-corrected chi connectivity index (χ2v) is 3.20. The fraction of sp³-hybridized carbons (Fsp3) is 0.300. The summed E-state index contributed by atoms with van der Waals surface area (Å²) >= 11 is 4.40. The molecule has 15 heavy (non-hydrogen) atoms. The van der Waals surface area contributed by atoms with Crippen LogP contribution in [0.25, 0.3) is 0 Å². The SMILES string of the molecule is CC(N=C=S)c1cccc(C(F)(F)F)c1. The number of nitrogens with zero attached hydrogens (tertiary/aromatic N) is 1. The van der Waals surface area contributed by atoms with Gasteiger partial charge in [0, 0.05) is 0 Å². The van der Waals surface area contributed by atoms with E-state index in [-0.39, 0.29) is 0 Å². The molecule has 0 aliphatic carbocycles. The molecule has 0 aromatic heterocycles. The summed E-state index contributed by atoms with van der Waals surface area (Å²) in [6.07, 6.45) is -4.32. The van der Waals surface area contributed by atoms with Crippen molar-refractivity contribution >= 4 is 17.4 Å². The van der Waals surface area contributed by atoms with Crippen molar-refractivity contribution in [3.63, 3.8) is 0 Å². The van der Waals surface area contributed by atoms with Gasteiger partial charge in [-0.15, -0.1) is 0 Å². The average molecular weight is 231 g/mol. The number of thiocarbonyl (C=S) groups is 1. The molecule has 0 saturated carbocycles. The van der Waals surface area contributed by atoms with Crippen molar-refractivity contribution in [2.45, 2.75) is 19.1 Å². The van der Waals surface area contributed by atoms with Crippen LogP contribution < -0.4 is 0 Å². The standard InChI is InChI=1S/C10H8F3NS/c1-7(14-6-15)8-3-2-4-9(5-8)10(11,12)13/h2-5,7H,1H3. The van der Waals surface area contributed by atoms with Gasteiger partial charge in [-0.2, -0.15) is 13.2 Å². The topological polar surface area (TPSA) is 12.4 Å². The first-order valence-electron chi connectivity index (χ1n) is 4.19. The van der Waals surface area contributed by atoms with Gasteiger partial charge < -0.3 is 0 Å². The zero-order valence-corrected chi connectivity index (χ0v) is 8.69. The normalized spacial score (nSPS) is 13.1. The lowest BCUT2D eigenvalue weighted by Gasteiger charge is -2.10. The van der Waals surface area contributed by atoms with E-state index in [4.69, 9.17) is 0 Å². The summed E-state index contributed by atoms with van der Waals surface area (Å²) < 4.78 is 37.1. The van der Waals surface area contributed by atoms with E-state index in [1.54, 1.807) is 13.0 Å². The van der Waals surface area contributed by atoms with Crippen LogP contribution in [-0.2, 0) is 6.18 Å². The van der Waals surface area contributed by atoms with Crippen molar-refractivity contribution in [3.8, 4) is 0 Å². The number of halogens is 3. The van der Waals surface area contributed by atoms with E-state index in [1.807, 2.05) is 0 Å². The third kappa shape index (κ3) is 3.15. The lowest BCUT2D eigenvalue weighted by Crippen LogP contribution is -2.05. The van der Waals surface area contributed by atoms with Crippen molar-refractivity contribution in [2.24, 2.45) is 4.99 Å². The van der Waals surface area contributed by atoms with Gasteiger partial charge in [-0.1, -0.05) is 12.1 Å². The highest BCUT2D eigenvalue weighted by Gasteiger charge is 2.30. The van der Waals surface area contributed by atoms with Gasteiger partial charge in [-0.3, -0.25) is 0 Å². The molecule has 0 N–H and O–H groups in total. The van der Waals surface area contributed by atoms with Crippen LogP contribution in [0.1, 0.15) is 24.1 Å². The molecule has 5 heteroatoms. The molecule has 0 fully saturated rings. The van der Waals surface area contributed by atoms with E-state index in [9.17, 15) is 13.2 Å². The second kappa shape index (κ2) is 4.55. The Hall–Kier alpha value is -1.19. The minimum absolute atomic E-state index is 0.398. The summed E-state index contributed by atoms with van der Waals surface area (Å²) in [6.45, 7) is 1.66. The highest BCUT2D eigenvalue weighted by atomic mass is 32.1. The molecule has 1 unspecified atom stereocenters. The summed E-state index contributed by atoms with van der Waals surface area (Å²) in [5.74, 6) is 0. The first kappa shape index (κ1) is 11.9. The van der Waals surface area contributed by atoms with Gasteiger partial charge in [0.15, 0.2) is 0 Å². The molecule has 1 rings (SSSR count). The van der Waals surface area contributed by atoms with E-state index >= 15 is 0 Å². The van der Waals surface area contributed by atoms with Crippen molar-refractivity contribution in [2.75, 3.05) is 0 Å². The van der Waals surface area contributed by atoms with E-state index in [2.05, 4.69) is 22.4 Å². The van der Waals surface area contributed by atoms with Crippen LogP contribution in [0.2, 0.25) is 0 Å². The molecule has 0 aliphatic heterocycles. The van der Waals surface area contributed by atoms with Crippen molar-refractivity contribution in [3.05, 3.63) is 35.4 Å². The maximum atomic E-state index is 12.4. The van der Waals surface area contributed by atoms with Crippen molar-refractivity contribution < 1.29 is 13.2 Å². The Balaban J connectivity index is 3.08. The molecule has 1 atom stereocenters. The molecule has 0 bridgehead atoms. The summed E-state index contributed by atoms with van der Waals surface area (Å²) in [6, 6.07) is 4.63. The zero-order valence-electron chi connectivity index (χ0n) is 7.88. The van der Waals surface area contributed by atoms with Crippen LogP contribution in [0.5, 0.6) is 0 Å². The summed E-state index contributed by atoms with van der Waals surface area (Å²) in [5.41, 5.74) is -0.200. The fourth-order valence-corrected chi connectivity index (χ4v) is 1.29. The molecule has 1 aromatic rings. The van der Waals surface area contributed by atoms with Crippen LogP contribution in [-0.4, -0.2) is 5.16 Å². The monoisotopic (exact) mass is 231 g/mol. The van der Waals surface area contributed by atoms with Gasteiger partial charge >= 0.3 is 6.18 Å². The lowest BCUT2D eigenvalue weighted by atomic mass is 10.1. The maximum Gasteiger partial charge on any atom is 0.416 e. The number of isothiocyanates is 1. The number of alkyl halides is 3. The summed E-state index contributed by atoms with van der Waals surface area (Å²) in [7, 11) is 0. The van der Waals surface area contributed by atoms with Crippen molar-refractivity contribution in [1.29, 1.82) is 0 Å². The minimum atomic E-state index is -4.32. The number of aliphatic imine (C=N–C) groups is 1. The van der Waals surface area contributed by atoms with E-state index < -0.39 is 17.8 Å². The van der Waals surface area contributed by atoms with Crippen LogP contribution in [0.4, 0.5) is 13.2 Å². The maximum absolute atomic E-state index is 12.4. The van der Waals surface area contributed by atoms with E-state index in [0.29, 0.717) is 5.56 Å². The van der Waals surface area contributed by atoms with Gasteiger partial charge in [0.1, 0.15) is 0 Å². The number of hydrogen-bond acceptors (Lipinski definition) is 2. The fourth-order valence-electron chi connectivity index (χ4n) is 1.13. The molecule has 1 aromatic carbocycles. The van der Waals surface area contributed by atoms with E-state index in [1.165, 1.54) is 6.07 Å². The Kier molecular flexibility index (Phi) is 3.61. The Morgan fingerprint density at radius 1 is 1.40 bits per heavy atom. The molecule has 0 radical (unpaired) electrons. The Morgan fingerprint density at radius 3 is 2.60 bits per heavy atom. The molecular weight excluding hydrogens is 223 g/mol. The molecule has 1 nitrogen and oxygen atoms in total. The van der Waals surface area contributed by atoms with Gasteiger partial charge in [-0.05, 0) is 36.8 Å². The van der Waals surface area contributed by atoms with E-state index in [0.717, 1.165) is 12.1 Å². The summed E-state index contributed by atoms with van der Waals surface area (Å²) in [4.78, 5) is 3.72. The third-order valence-corrected chi connectivity index (χ3v) is 2.05. The molecular formula is C10H8F3NS. The Labute approximate surface area is 90.6 Å². The van der Waals surface area contributed by atoms with Gasteiger partial charge in [-0.25, -0.2) is 4.99 Å². The second-order valence-electron chi connectivity index (χ2n) is 3.02. The minimum Gasteiger partial charge on any atom is -0.225 e. The lowest BCUT2D eigenvalue weighted by molar-refractivity contribution is -0.137. The van der Waals surface area contributed by atoms with Gasteiger partial charge in [0.05, 0.1) is 16.8 Å². The van der Waals surface area contributed by atoms with Crippen LogP contribution in [0.15, 0.2) is 29.3 Å². The largest absolute Gasteiger partial charge is 0.416 e. The Morgan fingerprint density at radius 2 is 2.07 bits per heavy atom. The number of benzene rings is 1. The average Bonchev–Trinajstić information content (AvgIpc) is 2.17. The Bertz CT molecular complexity index is 394. The van der Waals surface area contributed by atoms with Crippen LogP contribution >= 0.6 is 12.2 Å². The molecule has 0 saturated heterocycles. The van der Waals surface area contributed by atoms with Crippen molar-refractivity contribution in [1.82, 2.24) is 0 Å². The summed E-state index contributed by atoms with van der Waals surface area (Å²) in [5, 5.41) is 2.15. The third-order valence-electron chi connectivity index (χ3n) is 1.94. The zero-order chi connectivity index (χ0) is 11.5. The first-order chi connectivity index (χ1) is 6.95. The quantitative estimate of drug-likeness (QED) is 0.556. The molecule has 0 aliphatic rings. The molecule has 0 heterocycles.